The van der Waals surface area contributed by atoms with Crippen LogP contribution in [0.15, 0.2) is 12.1 Å². The van der Waals surface area contributed by atoms with E-state index in [4.69, 9.17) is 9.84 Å². The van der Waals surface area contributed by atoms with Gasteiger partial charge in [-0.2, -0.15) is 0 Å². The zero-order valence-corrected chi connectivity index (χ0v) is 14.1. The summed E-state index contributed by atoms with van der Waals surface area (Å²) in [5.41, 5.74) is 2.62. The summed E-state index contributed by atoms with van der Waals surface area (Å²) in [7, 11) is 1.66. The Hall–Kier alpha value is -2.04. The second-order valence-electron chi connectivity index (χ2n) is 5.97. The molecule has 2 rings (SSSR count). The van der Waals surface area contributed by atoms with Crippen LogP contribution in [0.3, 0.4) is 0 Å². The van der Waals surface area contributed by atoms with Crippen molar-refractivity contribution in [1.82, 2.24) is 4.90 Å². The molecule has 1 saturated heterocycles. The number of rotatable bonds is 7. The van der Waals surface area contributed by atoms with E-state index in [9.17, 15) is 9.59 Å². The van der Waals surface area contributed by atoms with E-state index in [0.29, 0.717) is 18.5 Å². The molecule has 0 spiro atoms. The third kappa shape index (κ3) is 3.49. The number of likely N-dealkylation sites (tertiary alicyclic amines) is 1. The Kier molecular flexibility index (Phi) is 5.64. The zero-order valence-electron chi connectivity index (χ0n) is 14.1. The Bertz CT molecular complexity index is 570. The van der Waals surface area contributed by atoms with Gasteiger partial charge in [-0.3, -0.25) is 4.79 Å². The predicted octanol–water partition coefficient (Wildman–Crippen LogP) is 2.90. The maximum Gasteiger partial charge on any atom is 0.326 e. The Morgan fingerprint density at radius 2 is 1.78 bits per heavy atom. The van der Waals surface area contributed by atoms with Gasteiger partial charge in [0.15, 0.2) is 0 Å². The minimum Gasteiger partial charge on any atom is -0.496 e. The summed E-state index contributed by atoms with van der Waals surface area (Å²) in [6.45, 7) is 4.68. The summed E-state index contributed by atoms with van der Waals surface area (Å²) in [6.07, 6.45) is 4.12. The number of benzene rings is 1. The number of amides is 1. The molecule has 0 aromatic heterocycles. The Morgan fingerprint density at radius 1 is 1.22 bits per heavy atom. The van der Waals surface area contributed by atoms with Gasteiger partial charge in [-0.15, -0.1) is 0 Å². The van der Waals surface area contributed by atoms with Gasteiger partial charge in [0.1, 0.15) is 11.8 Å². The predicted molar refractivity (Wildman–Crippen MR) is 88.1 cm³/mol. The number of methoxy groups -OCH3 is 1. The number of hydrogen-bond donors (Lipinski definition) is 1. The van der Waals surface area contributed by atoms with Crippen LogP contribution in [-0.4, -0.2) is 41.6 Å². The van der Waals surface area contributed by atoms with Crippen molar-refractivity contribution < 1.29 is 19.4 Å². The first-order chi connectivity index (χ1) is 11.0. The molecule has 0 bridgehead atoms. The summed E-state index contributed by atoms with van der Waals surface area (Å²) < 4.78 is 5.56. The fourth-order valence-corrected chi connectivity index (χ4v) is 3.10. The molecule has 1 aromatic carbocycles. The number of carbonyl (C=O) groups is 2. The molecule has 23 heavy (non-hydrogen) atoms. The highest BCUT2D eigenvalue weighted by Gasteiger charge is 2.38. The van der Waals surface area contributed by atoms with E-state index in [-0.39, 0.29) is 5.91 Å². The van der Waals surface area contributed by atoms with Gasteiger partial charge in [0.05, 0.1) is 7.11 Å². The second-order valence-corrected chi connectivity index (χ2v) is 5.97. The molecule has 1 aromatic rings. The van der Waals surface area contributed by atoms with E-state index in [1.807, 2.05) is 12.1 Å². The highest BCUT2D eigenvalue weighted by molar-refractivity contribution is 5.98. The van der Waals surface area contributed by atoms with Gasteiger partial charge in [-0.05, 0) is 42.5 Å². The Balaban J connectivity index is 2.37. The van der Waals surface area contributed by atoms with E-state index < -0.39 is 12.0 Å². The molecular formula is C18H25NO4. The monoisotopic (exact) mass is 319 g/mol. The molecule has 5 heteroatoms. The van der Waals surface area contributed by atoms with Gasteiger partial charge in [0, 0.05) is 12.1 Å². The molecule has 1 aliphatic rings. The fourth-order valence-electron chi connectivity index (χ4n) is 3.10. The van der Waals surface area contributed by atoms with Crippen LogP contribution in [0.5, 0.6) is 5.75 Å². The van der Waals surface area contributed by atoms with Gasteiger partial charge in [-0.25, -0.2) is 4.79 Å². The molecule has 1 heterocycles. The van der Waals surface area contributed by atoms with Crippen molar-refractivity contribution in [2.24, 2.45) is 0 Å². The first kappa shape index (κ1) is 17.3. The molecule has 0 unspecified atom stereocenters. The summed E-state index contributed by atoms with van der Waals surface area (Å²) in [4.78, 5) is 25.3. The molecule has 1 N–H and O–H groups in total. The molecule has 0 saturated carbocycles. The smallest absolute Gasteiger partial charge is 0.326 e. The van der Waals surface area contributed by atoms with Crippen molar-refractivity contribution in [2.75, 3.05) is 13.7 Å². The molecule has 1 fully saturated rings. The lowest BCUT2D eigenvalue weighted by Gasteiger charge is -2.38. The van der Waals surface area contributed by atoms with Gasteiger partial charge in [0.25, 0.3) is 5.91 Å². The quantitative estimate of drug-likeness (QED) is 0.839. The molecule has 0 aliphatic carbocycles. The van der Waals surface area contributed by atoms with Crippen molar-refractivity contribution in [3.8, 4) is 5.75 Å². The third-order valence-electron chi connectivity index (χ3n) is 4.30. The van der Waals surface area contributed by atoms with E-state index >= 15 is 0 Å². The highest BCUT2D eigenvalue weighted by atomic mass is 16.5. The lowest BCUT2D eigenvalue weighted by Crippen LogP contribution is -2.55. The molecule has 5 nitrogen and oxygen atoms in total. The van der Waals surface area contributed by atoms with Crippen molar-refractivity contribution in [1.29, 1.82) is 0 Å². The molecule has 1 amide bonds. The van der Waals surface area contributed by atoms with Crippen LogP contribution in [-0.2, 0) is 17.6 Å². The average molecular weight is 319 g/mol. The molecule has 0 radical (unpaired) electrons. The van der Waals surface area contributed by atoms with Crippen LogP contribution < -0.4 is 4.74 Å². The zero-order chi connectivity index (χ0) is 17.0. The minimum atomic E-state index is -0.930. The van der Waals surface area contributed by atoms with E-state index in [1.54, 1.807) is 7.11 Å². The number of aliphatic carboxylic acids is 1. The van der Waals surface area contributed by atoms with Crippen LogP contribution in [0.4, 0.5) is 0 Å². The fraction of sp³-hybridized carbons (Fsp3) is 0.556. The summed E-state index contributed by atoms with van der Waals surface area (Å²) in [6, 6.07) is 3.04. The lowest BCUT2D eigenvalue weighted by atomic mass is 9.95. The van der Waals surface area contributed by atoms with Crippen LogP contribution in [0.1, 0.15) is 54.6 Å². The SMILES string of the molecule is CCCc1cc(C(=O)N2CC[C@@H]2C(=O)O)cc(CCC)c1OC. The number of nitrogens with zero attached hydrogens (tertiary/aromatic N) is 1. The number of ether oxygens (including phenoxy) is 1. The maximum absolute atomic E-state index is 12.7. The van der Waals surface area contributed by atoms with Crippen molar-refractivity contribution in [2.45, 2.75) is 52.0 Å². The number of hydrogen-bond acceptors (Lipinski definition) is 3. The summed E-state index contributed by atoms with van der Waals surface area (Å²) in [5, 5.41) is 9.15. The van der Waals surface area contributed by atoms with Crippen molar-refractivity contribution >= 4 is 11.9 Å². The number of carbonyl (C=O) groups excluding carboxylic acids is 1. The van der Waals surface area contributed by atoms with Crippen LogP contribution in [0.2, 0.25) is 0 Å². The van der Waals surface area contributed by atoms with Crippen LogP contribution in [0, 0.1) is 0 Å². The number of carboxylic acids is 1. The summed E-state index contributed by atoms with van der Waals surface area (Å²) >= 11 is 0. The van der Waals surface area contributed by atoms with Crippen molar-refractivity contribution in [3.05, 3.63) is 28.8 Å². The largest absolute Gasteiger partial charge is 0.496 e. The second kappa shape index (κ2) is 7.49. The van der Waals surface area contributed by atoms with E-state index in [2.05, 4.69) is 13.8 Å². The van der Waals surface area contributed by atoms with Gasteiger partial charge in [-0.1, -0.05) is 26.7 Å². The number of aryl methyl sites for hydroxylation is 2. The first-order valence-corrected chi connectivity index (χ1v) is 8.27. The minimum absolute atomic E-state index is 0.194. The van der Waals surface area contributed by atoms with Gasteiger partial charge >= 0.3 is 5.97 Å². The highest BCUT2D eigenvalue weighted by Crippen LogP contribution is 2.30. The maximum atomic E-state index is 12.7. The molecule has 126 valence electrons. The third-order valence-corrected chi connectivity index (χ3v) is 4.30. The van der Waals surface area contributed by atoms with Crippen LogP contribution >= 0.6 is 0 Å². The van der Waals surface area contributed by atoms with E-state index in [0.717, 1.165) is 42.6 Å². The normalized spacial score (nSPS) is 16.8. The first-order valence-electron chi connectivity index (χ1n) is 8.27. The number of carboxylic acid groups (broad SMARTS) is 1. The lowest BCUT2D eigenvalue weighted by molar-refractivity contribution is -0.146. The molecule has 1 atom stereocenters. The van der Waals surface area contributed by atoms with E-state index in [1.165, 1.54) is 4.90 Å². The standard InChI is InChI=1S/C18H25NO4/c1-4-6-12-10-14(11-13(7-5-2)16(12)23-3)17(20)19-9-8-15(19)18(21)22/h10-11,15H,4-9H2,1-3H3,(H,21,22)/t15-/m1/s1. The van der Waals surface area contributed by atoms with Gasteiger partial charge < -0.3 is 14.7 Å². The molecular weight excluding hydrogens is 294 g/mol. The Labute approximate surface area is 137 Å². The Morgan fingerprint density at radius 3 is 2.13 bits per heavy atom. The summed E-state index contributed by atoms with van der Waals surface area (Å²) in [5.74, 6) is -0.259. The topological polar surface area (TPSA) is 66.8 Å². The van der Waals surface area contributed by atoms with Crippen molar-refractivity contribution in [3.63, 3.8) is 0 Å². The molecule has 1 aliphatic heterocycles. The average Bonchev–Trinajstić information content (AvgIpc) is 2.45. The van der Waals surface area contributed by atoms with Crippen LogP contribution in [0.25, 0.3) is 0 Å². The van der Waals surface area contributed by atoms with Gasteiger partial charge in [0.2, 0.25) is 0 Å².